The van der Waals surface area contributed by atoms with Gasteiger partial charge in [0.1, 0.15) is 19.3 Å². The van der Waals surface area contributed by atoms with Crippen LogP contribution >= 0.6 is 15.6 Å². The van der Waals surface area contributed by atoms with Gasteiger partial charge in [-0.1, -0.05) is 376 Å². The molecule has 0 saturated carbocycles. The Morgan fingerprint density at radius 2 is 0.412 bits per heavy atom. The third kappa shape index (κ3) is 76.3. The second kappa shape index (κ2) is 72.0. The Balaban J connectivity index is 5.22. The molecule has 102 heavy (non-hydrogen) atoms. The number of esters is 4. The van der Waals surface area contributed by atoms with Crippen molar-refractivity contribution in [3.05, 3.63) is 0 Å². The van der Waals surface area contributed by atoms with Crippen LogP contribution in [0.15, 0.2) is 0 Å². The molecule has 5 atom stereocenters. The number of hydrogen-bond donors (Lipinski definition) is 3. The number of aliphatic hydroxyl groups excluding tert-OH is 1. The van der Waals surface area contributed by atoms with Crippen LogP contribution in [0, 0.1) is 23.7 Å². The Morgan fingerprint density at radius 3 is 0.608 bits per heavy atom. The lowest BCUT2D eigenvalue weighted by atomic mass is 10.0. The lowest BCUT2D eigenvalue weighted by Crippen LogP contribution is -2.30. The number of phosphoric acid groups is 2. The summed E-state index contributed by atoms with van der Waals surface area (Å²) in [5, 5.41) is 10.7. The summed E-state index contributed by atoms with van der Waals surface area (Å²) in [5.41, 5.74) is 0. The minimum absolute atomic E-state index is 0.106. The quantitative estimate of drug-likeness (QED) is 0.0222. The van der Waals surface area contributed by atoms with Gasteiger partial charge in [-0.3, -0.25) is 37.3 Å². The Labute approximate surface area is 626 Å². The number of unbranched alkanes of at least 4 members (excludes halogenated alkanes) is 46. The molecule has 606 valence electrons. The molecule has 0 bridgehead atoms. The molecule has 0 aliphatic heterocycles. The monoisotopic (exact) mass is 1490 g/mol. The fourth-order valence-electron chi connectivity index (χ4n) is 12.8. The van der Waals surface area contributed by atoms with Crippen LogP contribution in [0.2, 0.25) is 0 Å². The van der Waals surface area contributed by atoms with Crippen molar-refractivity contribution in [1.29, 1.82) is 0 Å². The van der Waals surface area contributed by atoms with Crippen molar-refractivity contribution in [3.63, 3.8) is 0 Å². The zero-order valence-electron chi connectivity index (χ0n) is 67.2. The topological polar surface area (TPSA) is 237 Å². The molecule has 19 heteroatoms. The Bertz CT molecular complexity index is 1990. The van der Waals surface area contributed by atoms with Gasteiger partial charge in [0.15, 0.2) is 12.2 Å². The molecule has 0 fully saturated rings. The Hall–Kier alpha value is -1.94. The highest BCUT2D eigenvalue weighted by Gasteiger charge is 2.30. The van der Waals surface area contributed by atoms with E-state index in [0.717, 1.165) is 114 Å². The SMILES string of the molecule is CC(C)CCCCCCCCCCCCCCCCCCCCC(=O)O[C@H](COC(=O)CCCCCCCCCCCCCC(C)C)COP(=O)(O)OCC(O)COP(=O)(O)OC[C@@H](COC(=O)CCCCCCCCCC(C)C)OC(=O)CCCCCCCCCCCCCCCCC(C)C. The first-order valence-corrected chi connectivity index (χ1v) is 45.7. The van der Waals surface area contributed by atoms with Gasteiger partial charge < -0.3 is 33.8 Å². The van der Waals surface area contributed by atoms with Crippen LogP contribution in [0.4, 0.5) is 0 Å². The molecule has 3 unspecified atom stereocenters. The summed E-state index contributed by atoms with van der Waals surface area (Å²) >= 11 is 0. The molecule has 0 spiro atoms. The van der Waals surface area contributed by atoms with Crippen LogP contribution < -0.4 is 0 Å². The Morgan fingerprint density at radius 1 is 0.245 bits per heavy atom. The minimum Gasteiger partial charge on any atom is -0.462 e. The van der Waals surface area contributed by atoms with E-state index in [1.807, 2.05) is 0 Å². The number of hydrogen-bond acceptors (Lipinski definition) is 15. The van der Waals surface area contributed by atoms with Crippen molar-refractivity contribution in [2.75, 3.05) is 39.6 Å². The van der Waals surface area contributed by atoms with Gasteiger partial charge in [0, 0.05) is 25.7 Å². The molecule has 0 aromatic carbocycles. The molecular weight excluding hydrogens is 1330 g/mol. The van der Waals surface area contributed by atoms with E-state index < -0.39 is 97.5 Å². The van der Waals surface area contributed by atoms with Gasteiger partial charge in [-0.05, 0) is 49.4 Å². The Kier molecular flexibility index (Phi) is 70.6. The van der Waals surface area contributed by atoms with E-state index in [4.69, 9.17) is 37.0 Å². The lowest BCUT2D eigenvalue weighted by Gasteiger charge is -2.21. The highest BCUT2D eigenvalue weighted by Crippen LogP contribution is 2.45. The van der Waals surface area contributed by atoms with E-state index in [2.05, 4.69) is 55.4 Å². The van der Waals surface area contributed by atoms with Crippen molar-refractivity contribution in [1.82, 2.24) is 0 Å². The maximum Gasteiger partial charge on any atom is 0.472 e. The summed E-state index contributed by atoms with van der Waals surface area (Å²) in [7, 11) is -9.92. The molecule has 3 N–H and O–H groups in total. The summed E-state index contributed by atoms with van der Waals surface area (Å²) < 4.78 is 68.8. The molecule has 0 aliphatic carbocycles. The van der Waals surface area contributed by atoms with Crippen LogP contribution in [0.1, 0.15) is 428 Å². The zero-order valence-corrected chi connectivity index (χ0v) is 69.0. The summed E-state index contributed by atoms with van der Waals surface area (Å²) in [5.74, 6) is 0.979. The van der Waals surface area contributed by atoms with Gasteiger partial charge in [0.25, 0.3) is 0 Å². The molecule has 17 nitrogen and oxygen atoms in total. The van der Waals surface area contributed by atoms with E-state index in [1.165, 1.54) is 225 Å². The largest absolute Gasteiger partial charge is 0.472 e. The van der Waals surface area contributed by atoms with Gasteiger partial charge in [-0.2, -0.15) is 0 Å². The first kappa shape index (κ1) is 100. The summed E-state index contributed by atoms with van der Waals surface area (Å²) in [4.78, 5) is 73.1. The van der Waals surface area contributed by atoms with Gasteiger partial charge in [0.05, 0.1) is 26.4 Å². The number of aliphatic hydroxyl groups is 1. The van der Waals surface area contributed by atoms with Gasteiger partial charge >= 0.3 is 39.5 Å². The van der Waals surface area contributed by atoms with Crippen LogP contribution in [-0.4, -0.2) is 96.7 Å². The number of carbonyl (C=O) groups excluding carboxylic acids is 4. The smallest absolute Gasteiger partial charge is 0.462 e. The molecule has 0 amide bonds. The molecule has 0 aromatic rings. The summed E-state index contributed by atoms with van der Waals surface area (Å²) in [6.07, 6.45) is 59.8. The van der Waals surface area contributed by atoms with Crippen molar-refractivity contribution in [2.45, 2.75) is 446 Å². The highest BCUT2D eigenvalue weighted by atomic mass is 31.2. The molecule has 0 rings (SSSR count). The fourth-order valence-corrected chi connectivity index (χ4v) is 14.4. The van der Waals surface area contributed by atoms with Gasteiger partial charge in [0.2, 0.25) is 0 Å². The van der Waals surface area contributed by atoms with Crippen molar-refractivity contribution in [2.24, 2.45) is 23.7 Å². The third-order valence-corrected chi connectivity index (χ3v) is 21.2. The average Bonchev–Trinajstić information content (AvgIpc) is 0.910. The predicted molar refractivity (Wildman–Crippen MR) is 418 cm³/mol. The van der Waals surface area contributed by atoms with Crippen LogP contribution in [0.3, 0.4) is 0 Å². The average molecular weight is 1490 g/mol. The minimum atomic E-state index is -4.96. The summed E-state index contributed by atoms with van der Waals surface area (Å²) in [6, 6.07) is 0. The van der Waals surface area contributed by atoms with Gasteiger partial charge in [-0.15, -0.1) is 0 Å². The van der Waals surface area contributed by atoms with Crippen molar-refractivity contribution >= 4 is 39.5 Å². The van der Waals surface area contributed by atoms with Crippen LogP contribution in [0.25, 0.3) is 0 Å². The maximum absolute atomic E-state index is 13.1. The van der Waals surface area contributed by atoms with E-state index in [0.29, 0.717) is 31.6 Å². The molecule has 0 heterocycles. The fraction of sp³-hybridized carbons (Fsp3) is 0.952. The second-order valence-electron chi connectivity index (χ2n) is 31.8. The number of rotatable bonds is 80. The van der Waals surface area contributed by atoms with Crippen LogP contribution in [-0.2, 0) is 65.4 Å². The lowest BCUT2D eigenvalue weighted by molar-refractivity contribution is -0.161. The normalized spacial score (nSPS) is 14.0. The molecule has 0 radical (unpaired) electrons. The van der Waals surface area contributed by atoms with Gasteiger partial charge in [-0.25, -0.2) is 9.13 Å². The van der Waals surface area contributed by atoms with Crippen molar-refractivity contribution < 1.29 is 80.2 Å². The second-order valence-corrected chi connectivity index (χ2v) is 34.7. The zero-order chi connectivity index (χ0) is 75.3. The first-order chi connectivity index (χ1) is 49.1. The van der Waals surface area contributed by atoms with E-state index in [-0.39, 0.29) is 25.7 Å². The van der Waals surface area contributed by atoms with E-state index in [9.17, 15) is 43.2 Å². The van der Waals surface area contributed by atoms with Crippen molar-refractivity contribution in [3.8, 4) is 0 Å². The third-order valence-electron chi connectivity index (χ3n) is 19.3. The van der Waals surface area contributed by atoms with Crippen LogP contribution in [0.5, 0.6) is 0 Å². The first-order valence-electron chi connectivity index (χ1n) is 42.7. The number of phosphoric ester groups is 2. The number of carbonyl (C=O) groups is 4. The summed E-state index contributed by atoms with van der Waals surface area (Å²) in [6.45, 7) is 14.3. The molecule has 0 aromatic heterocycles. The maximum atomic E-state index is 13.1. The highest BCUT2D eigenvalue weighted by molar-refractivity contribution is 7.47. The van der Waals surface area contributed by atoms with E-state index >= 15 is 0 Å². The standard InChI is InChI=1S/C83H162O17P2/c1-73(2)59-51-43-35-28-22-17-13-11-9-10-12-14-19-25-32-40-49-57-65-82(87)99-78(69-93-80(85)63-55-47-39-31-27-21-24-30-37-45-53-61-75(5)6)71-97-101(89,90)95-67-77(84)68-96-102(91,92)98-72-79(70-94-81(86)64-56-48-42-34-38-46-54-62-76(7)8)100-83(88)66-58-50-41-33-26-20-16-15-18-23-29-36-44-52-60-74(3)4/h73-79,84H,9-72H2,1-8H3,(H,89,90)(H,91,92)/t77?,78-,79-/m1/s1. The van der Waals surface area contributed by atoms with E-state index in [1.54, 1.807) is 0 Å². The number of ether oxygens (including phenoxy) is 4. The molecule has 0 aliphatic rings. The molecule has 0 saturated heterocycles. The predicted octanol–water partition coefficient (Wildman–Crippen LogP) is 24.8. The molecular formula is C83H162O17P2.